The smallest absolute Gasteiger partial charge is 0.211 e. The fraction of sp³-hybridized carbons (Fsp3) is 0. The maximum atomic E-state index is 6.02. The van der Waals surface area contributed by atoms with Crippen LogP contribution >= 0.6 is 23.2 Å². The molecule has 27 heavy (non-hydrogen) atoms. The van der Waals surface area contributed by atoms with Crippen molar-refractivity contribution in [1.82, 2.24) is 9.55 Å². The Hall–Kier alpha value is -3.09. The highest BCUT2D eigenvalue weighted by Crippen LogP contribution is 2.21. The molecular weight excluding hydrogens is 383 g/mol. The van der Waals surface area contributed by atoms with Crippen LogP contribution in [-0.2, 0) is 0 Å². The zero-order valence-electron chi connectivity index (χ0n) is 14.1. The quantitative estimate of drug-likeness (QED) is 0.389. The van der Waals surface area contributed by atoms with Crippen molar-refractivity contribution < 1.29 is 0 Å². The fourth-order valence-electron chi connectivity index (χ4n) is 2.36. The number of nitrogens with zero attached hydrogens (tertiary/aromatic N) is 4. The lowest BCUT2D eigenvalue weighted by molar-refractivity contribution is 1.09. The molecule has 0 unspecified atom stereocenters. The Kier molecular flexibility index (Phi) is 5.90. The third-order valence-corrected chi connectivity index (χ3v) is 4.11. The van der Waals surface area contributed by atoms with Crippen LogP contribution in [0.1, 0.15) is 11.1 Å². The van der Waals surface area contributed by atoms with Crippen molar-refractivity contribution in [2.45, 2.75) is 0 Å². The normalized spacial score (nSPS) is 12.1. The summed E-state index contributed by atoms with van der Waals surface area (Å²) in [6.45, 7) is 0. The lowest BCUT2D eigenvalue weighted by Gasteiger charge is -2.11. The number of nitrogens with two attached hydrogens (primary N) is 2. The van der Waals surface area contributed by atoms with Gasteiger partial charge in [-0.3, -0.25) is 0 Å². The van der Waals surface area contributed by atoms with E-state index in [1.165, 1.54) is 0 Å². The number of guanidine groups is 1. The van der Waals surface area contributed by atoms with Gasteiger partial charge < -0.3 is 16.0 Å². The molecule has 0 saturated carbocycles. The molecule has 2 aromatic carbocycles. The Morgan fingerprint density at radius 2 is 1.48 bits per heavy atom. The molecule has 0 bridgehead atoms. The lowest BCUT2D eigenvalue weighted by Crippen LogP contribution is -2.22. The van der Waals surface area contributed by atoms with Gasteiger partial charge in [0.1, 0.15) is 0 Å². The highest BCUT2D eigenvalue weighted by Gasteiger charge is 2.09. The number of imidazole rings is 1. The summed E-state index contributed by atoms with van der Waals surface area (Å²) >= 11 is 12.0. The average molecular weight is 399 g/mol. The van der Waals surface area contributed by atoms with Gasteiger partial charge in [0.25, 0.3) is 0 Å². The van der Waals surface area contributed by atoms with Gasteiger partial charge in [-0.05, 0) is 35.9 Å². The third-order valence-electron chi connectivity index (χ3n) is 3.61. The van der Waals surface area contributed by atoms with E-state index in [0.29, 0.717) is 15.8 Å². The van der Waals surface area contributed by atoms with Gasteiger partial charge in [-0.25, -0.2) is 4.98 Å². The summed E-state index contributed by atoms with van der Waals surface area (Å²) in [6, 6.07) is 14.7. The number of allylic oxidation sites excluding steroid dienone is 1. The van der Waals surface area contributed by atoms with Crippen LogP contribution < -0.4 is 11.5 Å². The summed E-state index contributed by atoms with van der Waals surface area (Å²) in [5.41, 5.74) is 14.0. The molecule has 136 valence electrons. The van der Waals surface area contributed by atoms with E-state index in [1.54, 1.807) is 24.7 Å². The summed E-state index contributed by atoms with van der Waals surface area (Å²) < 4.78 is 1.87. The van der Waals surface area contributed by atoms with Crippen LogP contribution in [0, 0.1) is 0 Å². The first-order valence-electron chi connectivity index (χ1n) is 7.91. The van der Waals surface area contributed by atoms with E-state index in [-0.39, 0.29) is 5.96 Å². The molecule has 4 N–H and O–H groups in total. The molecule has 0 aliphatic rings. The molecule has 0 spiro atoms. The van der Waals surface area contributed by atoms with Crippen molar-refractivity contribution in [3.05, 3.63) is 94.5 Å². The van der Waals surface area contributed by atoms with E-state index in [9.17, 15) is 0 Å². The zero-order valence-corrected chi connectivity index (χ0v) is 15.6. The molecule has 6 nitrogen and oxygen atoms in total. The summed E-state index contributed by atoms with van der Waals surface area (Å²) in [5.74, 6) is -0.134. The third kappa shape index (κ3) is 4.97. The van der Waals surface area contributed by atoms with Gasteiger partial charge in [0, 0.05) is 28.0 Å². The first-order chi connectivity index (χ1) is 13.0. The topological polar surface area (TPSA) is 94.6 Å². The molecule has 0 radical (unpaired) electrons. The molecule has 0 aliphatic heterocycles. The summed E-state index contributed by atoms with van der Waals surface area (Å²) in [4.78, 5) is 4.12. The number of hydrogen-bond donors (Lipinski definition) is 2. The molecule has 1 heterocycles. The summed E-state index contributed by atoms with van der Waals surface area (Å²) in [5, 5.41) is 9.26. The molecule has 1 aromatic heterocycles. The lowest BCUT2D eigenvalue weighted by atomic mass is 10.1. The van der Waals surface area contributed by atoms with Gasteiger partial charge in [0.2, 0.25) is 5.96 Å². The second-order valence-electron chi connectivity index (χ2n) is 5.52. The first-order valence-corrected chi connectivity index (χ1v) is 8.67. The van der Waals surface area contributed by atoms with E-state index in [0.717, 1.165) is 16.8 Å². The van der Waals surface area contributed by atoms with Crippen LogP contribution in [0.25, 0.3) is 5.70 Å². The van der Waals surface area contributed by atoms with Gasteiger partial charge in [-0.2, -0.15) is 0 Å². The van der Waals surface area contributed by atoms with Gasteiger partial charge in [-0.1, -0.05) is 47.5 Å². The molecular formula is C19H16Cl2N6. The predicted octanol–water partition coefficient (Wildman–Crippen LogP) is 3.76. The fourth-order valence-corrected chi connectivity index (χ4v) is 2.61. The standard InChI is InChI=1S/C19H16Cl2N6/c20-15-5-1-13(2-6-15)17(25-26-19(22)23)11-18(27-10-9-24-12-27)14-3-7-16(21)8-4-14/h1-12H,(H4,22,23,26)/b18-11+,25-17-. The minimum absolute atomic E-state index is 0.134. The Morgan fingerprint density at radius 3 is 2.00 bits per heavy atom. The molecule has 3 rings (SSSR count). The van der Waals surface area contributed by atoms with Crippen molar-refractivity contribution in [3.8, 4) is 0 Å². The molecule has 0 aliphatic carbocycles. The minimum Gasteiger partial charge on any atom is -0.369 e. The minimum atomic E-state index is -0.134. The number of rotatable bonds is 5. The Labute approximate surface area is 166 Å². The van der Waals surface area contributed by atoms with Gasteiger partial charge >= 0.3 is 0 Å². The van der Waals surface area contributed by atoms with Gasteiger partial charge in [-0.15, -0.1) is 10.2 Å². The number of aromatic nitrogens is 2. The maximum Gasteiger partial charge on any atom is 0.211 e. The highest BCUT2D eigenvalue weighted by atomic mass is 35.5. The van der Waals surface area contributed by atoms with Crippen molar-refractivity contribution in [2.24, 2.45) is 21.7 Å². The second-order valence-corrected chi connectivity index (χ2v) is 6.40. The van der Waals surface area contributed by atoms with Crippen molar-refractivity contribution in [3.63, 3.8) is 0 Å². The first kappa shape index (κ1) is 18.7. The van der Waals surface area contributed by atoms with Crippen LogP contribution in [0.4, 0.5) is 0 Å². The van der Waals surface area contributed by atoms with Crippen molar-refractivity contribution in [1.29, 1.82) is 0 Å². The van der Waals surface area contributed by atoms with E-state index in [1.807, 2.05) is 53.2 Å². The van der Waals surface area contributed by atoms with E-state index in [4.69, 9.17) is 34.7 Å². The summed E-state index contributed by atoms with van der Waals surface area (Å²) in [6.07, 6.45) is 7.08. The van der Waals surface area contributed by atoms with Crippen LogP contribution in [0.2, 0.25) is 10.0 Å². The number of hydrogen-bond acceptors (Lipinski definition) is 3. The Morgan fingerprint density at radius 1 is 0.889 bits per heavy atom. The van der Waals surface area contributed by atoms with Gasteiger partial charge in [0.05, 0.1) is 17.7 Å². The van der Waals surface area contributed by atoms with Crippen LogP contribution in [0.5, 0.6) is 0 Å². The molecule has 8 heteroatoms. The van der Waals surface area contributed by atoms with Crippen molar-refractivity contribution >= 4 is 40.6 Å². The van der Waals surface area contributed by atoms with E-state index >= 15 is 0 Å². The SMILES string of the molecule is NC(N)=N/N=C(/C=C(\c1ccc(Cl)cc1)n1ccnc1)c1ccc(Cl)cc1. The van der Waals surface area contributed by atoms with Crippen LogP contribution in [0.15, 0.2) is 83.5 Å². The Balaban J connectivity index is 2.16. The number of halogens is 2. The maximum absolute atomic E-state index is 6.02. The number of benzene rings is 2. The summed E-state index contributed by atoms with van der Waals surface area (Å²) in [7, 11) is 0. The van der Waals surface area contributed by atoms with Crippen LogP contribution in [-0.4, -0.2) is 21.2 Å². The van der Waals surface area contributed by atoms with Crippen LogP contribution in [0.3, 0.4) is 0 Å². The van der Waals surface area contributed by atoms with Gasteiger partial charge in [0.15, 0.2) is 0 Å². The largest absolute Gasteiger partial charge is 0.369 e. The highest BCUT2D eigenvalue weighted by molar-refractivity contribution is 6.31. The molecule has 0 saturated heterocycles. The zero-order chi connectivity index (χ0) is 19.2. The van der Waals surface area contributed by atoms with E-state index < -0.39 is 0 Å². The molecule has 0 atom stereocenters. The van der Waals surface area contributed by atoms with Crippen molar-refractivity contribution in [2.75, 3.05) is 0 Å². The van der Waals surface area contributed by atoms with E-state index in [2.05, 4.69) is 15.2 Å². The monoisotopic (exact) mass is 398 g/mol. The predicted molar refractivity (Wildman–Crippen MR) is 111 cm³/mol. The Bertz CT molecular complexity index is 984. The molecule has 3 aromatic rings. The molecule has 0 amide bonds. The second kappa shape index (κ2) is 8.53. The average Bonchev–Trinajstić information content (AvgIpc) is 3.18. The molecule has 0 fully saturated rings.